The van der Waals surface area contributed by atoms with Gasteiger partial charge in [-0.3, -0.25) is 4.79 Å². The highest BCUT2D eigenvalue weighted by atomic mass is 127. The lowest BCUT2D eigenvalue weighted by molar-refractivity contribution is -0.120. The minimum absolute atomic E-state index is 0. The summed E-state index contributed by atoms with van der Waals surface area (Å²) in [7, 11) is 0. The maximum Gasteiger partial charge on any atom is 0.239 e. The van der Waals surface area contributed by atoms with Gasteiger partial charge in [-0.2, -0.15) is 0 Å². The van der Waals surface area contributed by atoms with E-state index >= 15 is 0 Å². The van der Waals surface area contributed by atoms with E-state index in [9.17, 15) is 4.79 Å². The number of halogens is 1. The van der Waals surface area contributed by atoms with Crippen molar-refractivity contribution in [1.29, 1.82) is 0 Å². The average Bonchev–Trinajstić information content (AvgIpc) is 3.33. The van der Waals surface area contributed by atoms with Crippen molar-refractivity contribution in [2.45, 2.75) is 45.9 Å². The monoisotopic (exact) mass is 566 g/mol. The van der Waals surface area contributed by atoms with Crippen molar-refractivity contribution in [2.75, 3.05) is 26.3 Å². The molecule has 7 nitrogen and oxygen atoms in total. The van der Waals surface area contributed by atoms with Crippen LogP contribution in [0, 0.1) is 6.92 Å². The summed E-state index contributed by atoms with van der Waals surface area (Å²) in [6.45, 7) is 7.21. The second-order valence-corrected chi connectivity index (χ2v) is 7.87. The van der Waals surface area contributed by atoms with E-state index in [1.165, 1.54) is 0 Å². The molecular weight excluding hydrogens is 531 g/mol. The molecule has 33 heavy (non-hydrogen) atoms. The van der Waals surface area contributed by atoms with Gasteiger partial charge in [-0.1, -0.05) is 42.5 Å². The fraction of sp³-hybridized carbons (Fsp3) is 0.440. The highest BCUT2D eigenvalue weighted by Gasteiger charge is 2.17. The summed E-state index contributed by atoms with van der Waals surface area (Å²) in [4.78, 5) is 16.9. The van der Waals surface area contributed by atoms with E-state index in [0.717, 1.165) is 41.9 Å². The first-order chi connectivity index (χ1) is 15.6. The summed E-state index contributed by atoms with van der Waals surface area (Å²) < 4.78 is 11.7. The van der Waals surface area contributed by atoms with Gasteiger partial charge in [0.15, 0.2) is 5.96 Å². The zero-order valence-electron chi connectivity index (χ0n) is 19.4. The Morgan fingerprint density at radius 2 is 1.97 bits per heavy atom. The lowest BCUT2D eigenvalue weighted by Gasteiger charge is -2.15. The number of nitrogens with one attached hydrogen (secondary N) is 3. The van der Waals surface area contributed by atoms with Crippen LogP contribution in [0.5, 0.6) is 5.75 Å². The van der Waals surface area contributed by atoms with Crippen molar-refractivity contribution in [3.05, 3.63) is 65.2 Å². The summed E-state index contributed by atoms with van der Waals surface area (Å²) in [5.74, 6) is 1.34. The van der Waals surface area contributed by atoms with Gasteiger partial charge in [-0.15, -0.1) is 24.0 Å². The van der Waals surface area contributed by atoms with Gasteiger partial charge in [0.05, 0.1) is 19.2 Å². The van der Waals surface area contributed by atoms with E-state index in [1.807, 2.05) is 56.3 Å². The lowest BCUT2D eigenvalue weighted by Crippen LogP contribution is -2.43. The maximum atomic E-state index is 12.2. The number of aryl methyl sites for hydroxylation is 1. The molecule has 3 N–H and O–H groups in total. The van der Waals surface area contributed by atoms with Crippen molar-refractivity contribution in [2.24, 2.45) is 4.99 Å². The van der Waals surface area contributed by atoms with Gasteiger partial charge >= 0.3 is 0 Å². The number of aliphatic imine (C=N–C) groups is 1. The Morgan fingerprint density at radius 3 is 2.70 bits per heavy atom. The largest absolute Gasteiger partial charge is 0.491 e. The molecule has 0 aliphatic carbocycles. The van der Waals surface area contributed by atoms with Crippen molar-refractivity contribution < 1.29 is 14.3 Å². The Kier molecular flexibility index (Phi) is 12.0. The van der Waals surface area contributed by atoms with Gasteiger partial charge in [-0.05, 0) is 43.9 Å². The number of ether oxygens (including phenoxy) is 2. The minimum Gasteiger partial charge on any atom is -0.491 e. The minimum atomic E-state index is -0.0876. The third-order valence-electron chi connectivity index (χ3n) is 5.17. The molecule has 3 rings (SSSR count). The van der Waals surface area contributed by atoms with Crippen LogP contribution in [0.1, 0.15) is 36.5 Å². The highest BCUT2D eigenvalue weighted by molar-refractivity contribution is 14.0. The number of nitrogens with zero attached hydrogens (tertiary/aromatic N) is 1. The summed E-state index contributed by atoms with van der Waals surface area (Å²) >= 11 is 0. The molecule has 8 heteroatoms. The lowest BCUT2D eigenvalue weighted by atomic mass is 10.1. The fourth-order valence-electron chi connectivity index (χ4n) is 3.41. The predicted octanol–water partition coefficient (Wildman–Crippen LogP) is 3.54. The van der Waals surface area contributed by atoms with Crippen LogP contribution >= 0.6 is 24.0 Å². The molecule has 1 fully saturated rings. The molecule has 1 unspecified atom stereocenters. The Hall–Kier alpha value is -2.33. The molecule has 0 aromatic heterocycles. The Bertz CT molecular complexity index is 886. The first kappa shape index (κ1) is 26.9. The van der Waals surface area contributed by atoms with Gasteiger partial charge < -0.3 is 25.4 Å². The van der Waals surface area contributed by atoms with Gasteiger partial charge in [0.2, 0.25) is 5.91 Å². The van der Waals surface area contributed by atoms with Crippen LogP contribution in [-0.4, -0.2) is 44.3 Å². The van der Waals surface area contributed by atoms with E-state index in [-0.39, 0.29) is 42.5 Å². The molecular formula is C25H35IN4O3. The summed E-state index contributed by atoms with van der Waals surface area (Å²) in [6.07, 6.45) is 2.30. The van der Waals surface area contributed by atoms with E-state index in [0.29, 0.717) is 32.2 Å². The maximum absolute atomic E-state index is 12.2. The summed E-state index contributed by atoms with van der Waals surface area (Å²) in [5, 5.41) is 9.20. The third kappa shape index (κ3) is 9.59. The number of benzene rings is 2. The van der Waals surface area contributed by atoms with E-state index in [2.05, 4.69) is 27.0 Å². The van der Waals surface area contributed by atoms with Crippen molar-refractivity contribution >= 4 is 35.8 Å². The first-order valence-corrected chi connectivity index (χ1v) is 11.3. The molecule has 180 valence electrons. The quantitative estimate of drug-likeness (QED) is 0.233. The van der Waals surface area contributed by atoms with E-state index in [1.54, 1.807) is 0 Å². The van der Waals surface area contributed by atoms with Crippen molar-refractivity contribution in [3.8, 4) is 5.75 Å². The predicted molar refractivity (Wildman–Crippen MR) is 142 cm³/mol. The molecule has 2 aromatic carbocycles. The second kappa shape index (κ2) is 14.7. The Balaban J connectivity index is 0.00000385. The molecule has 1 heterocycles. The average molecular weight is 566 g/mol. The van der Waals surface area contributed by atoms with Gasteiger partial charge in [0.1, 0.15) is 12.4 Å². The standard InChI is InChI=1S/C25H34N4O3.HI/c1-3-26-25(29-17-24(30)27-15-20-8-5-4-6-9-20)28-16-21-12-11-19(2)14-23(21)32-18-22-10-7-13-31-22;/h4-6,8-9,11-12,14,22H,3,7,10,13,15-18H2,1-2H3,(H,27,30)(H2,26,28,29);1H. The summed E-state index contributed by atoms with van der Waals surface area (Å²) in [5.41, 5.74) is 3.20. The van der Waals surface area contributed by atoms with E-state index in [4.69, 9.17) is 9.47 Å². The normalized spacial score (nSPS) is 15.5. The molecule has 0 radical (unpaired) electrons. The van der Waals surface area contributed by atoms with Crippen LogP contribution in [0.2, 0.25) is 0 Å². The molecule has 0 saturated carbocycles. The van der Waals surface area contributed by atoms with Crippen molar-refractivity contribution in [3.63, 3.8) is 0 Å². The van der Waals surface area contributed by atoms with Crippen LogP contribution in [0.15, 0.2) is 53.5 Å². The molecule has 1 aliphatic rings. The van der Waals surface area contributed by atoms with Gasteiger partial charge in [-0.25, -0.2) is 4.99 Å². The molecule has 0 bridgehead atoms. The fourth-order valence-corrected chi connectivity index (χ4v) is 3.41. The number of carbonyl (C=O) groups is 1. The van der Waals surface area contributed by atoms with Crippen LogP contribution in [0.4, 0.5) is 0 Å². The first-order valence-electron chi connectivity index (χ1n) is 11.3. The Morgan fingerprint density at radius 1 is 1.15 bits per heavy atom. The molecule has 1 saturated heterocycles. The van der Waals surface area contributed by atoms with E-state index < -0.39 is 0 Å². The van der Waals surface area contributed by atoms with Crippen LogP contribution in [0.25, 0.3) is 0 Å². The molecule has 1 atom stereocenters. The SMILES string of the molecule is CCNC(=NCc1ccc(C)cc1OCC1CCCO1)NCC(=O)NCc1ccccc1.I. The molecule has 1 aliphatic heterocycles. The van der Waals surface area contributed by atoms with Crippen LogP contribution in [-0.2, 0) is 22.6 Å². The number of amides is 1. The number of carbonyl (C=O) groups excluding carboxylic acids is 1. The second-order valence-electron chi connectivity index (χ2n) is 7.87. The number of rotatable bonds is 10. The number of guanidine groups is 1. The summed E-state index contributed by atoms with van der Waals surface area (Å²) in [6, 6.07) is 16.0. The van der Waals surface area contributed by atoms with Crippen LogP contribution in [0.3, 0.4) is 0 Å². The topological polar surface area (TPSA) is 84.0 Å². The molecule has 2 aromatic rings. The van der Waals surface area contributed by atoms with Gasteiger partial charge in [0, 0.05) is 25.3 Å². The van der Waals surface area contributed by atoms with Crippen LogP contribution < -0.4 is 20.7 Å². The van der Waals surface area contributed by atoms with Crippen molar-refractivity contribution in [1.82, 2.24) is 16.0 Å². The number of hydrogen-bond donors (Lipinski definition) is 3. The zero-order valence-corrected chi connectivity index (χ0v) is 21.8. The third-order valence-corrected chi connectivity index (χ3v) is 5.17. The highest BCUT2D eigenvalue weighted by Crippen LogP contribution is 2.23. The van der Waals surface area contributed by atoms with Gasteiger partial charge in [0.25, 0.3) is 0 Å². The molecule has 0 spiro atoms. The number of hydrogen-bond acceptors (Lipinski definition) is 4. The smallest absolute Gasteiger partial charge is 0.239 e. The Labute approximate surface area is 213 Å². The zero-order chi connectivity index (χ0) is 22.6. The molecule has 1 amide bonds.